The Morgan fingerprint density at radius 2 is 0.617 bits per heavy atom. The first kappa shape index (κ1) is 62.0. The van der Waals surface area contributed by atoms with Crippen LogP contribution in [0.5, 0.6) is 0 Å². The summed E-state index contributed by atoms with van der Waals surface area (Å²) in [5.74, 6) is 0. The molecule has 20 rings (SSSR count). The van der Waals surface area contributed by atoms with Crippen LogP contribution in [0.25, 0.3) is 133 Å². The number of hydrogen-bond acceptors (Lipinski definition) is 2. The standard InChI is InChI=1S/C115H101BN4/c1-72-60-73(2)108(74(3)61-72)83-62-106-109-107(63-83)120(111-94(81-48-44-77(45-49-81)75-32-20-16-21-33-75)68-87(115(13,14)15)69-95(111)82-50-46-78(47-51-82)76-34-22-17-23-35-76)105-71-89(118-101-43-31-29-41-91(101)97-65-85(113(7,8)9)53-59-103(97)118)55-57-99(105)116(109)98-56-54-88(117-100-42-30-28-40-90(100)96-64-84(112(4,5)6)52-58-102(96)117)70-104(98)119(106)110-92(79-36-24-18-25-37-79)66-86(114(10,11)12)67-93(110)80-38-26-19-27-39-80/h16-71H,1-15H3/i28D,29D,30D,31D,40D,41D,42D,43D,53D,58D,59D,64D,65D. The first-order valence-corrected chi connectivity index (χ1v) is 41.8. The zero-order valence-corrected chi connectivity index (χ0v) is 70.7. The summed E-state index contributed by atoms with van der Waals surface area (Å²) in [7, 11) is 0. The first-order valence-electron chi connectivity index (χ1n) is 48.3. The molecule has 0 spiro atoms. The van der Waals surface area contributed by atoms with Crippen LogP contribution in [0.1, 0.15) is 140 Å². The van der Waals surface area contributed by atoms with Gasteiger partial charge in [0, 0.05) is 77.9 Å². The van der Waals surface area contributed by atoms with Gasteiger partial charge in [-0.05, 0) is 245 Å². The minimum absolute atomic E-state index is 0.0343. The molecule has 4 heterocycles. The minimum Gasteiger partial charge on any atom is -0.310 e. The average Bonchev–Trinajstić information content (AvgIpc) is 1.52. The van der Waals surface area contributed by atoms with Crippen LogP contribution in [-0.4, -0.2) is 15.8 Å². The predicted octanol–water partition coefficient (Wildman–Crippen LogP) is 29.7. The number of rotatable bonds is 11. The second-order valence-electron chi connectivity index (χ2n) is 36.9. The van der Waals surface area contributed by atoms with Crippen molar-refractivity contribution in [2.75, 3.05) is 9.80 Å². The Hall–Kier alpha value is -13.2. The molecule has 2 aromatic heterocycles. The molecule has 0 atom stereocenters. The van der Waals surface area contributed by atoms with Gasteiger partial charge < -0.3 is 18.9 Å². The first-order chi connectivity index (χ1) is 63.2. The molecular weight excluding hydrogens is 1450 g/mol. The van der Waals surface area contributed by atoms with Gasteiger partial charge in [-0.2, -0.15) is 0 Å². The lowest BCUT2D eigenvalue weighted by Crippen LogP contribution is -2.61. The summed E-state index contributed by atoms with van der Waals surface area (Å²) in [6.45, 7) is 30.9. The van der Waals surface area contributed by atoms with Crippen molar-refractivity contribution in [1.82, 2.24) is 9.13 Å². The maximum atomic E-state index is 10.5. The van der Waals surface area contributed by atoms with Crippen LogP contribution in [0, 0.1) is 20.8 Å². The molecule has 120 heavy (non-hydrogen) atoms. The van der Waals surface area contributed by atoms with Gasteiger partial charge in [-0.15, -0.1) is 0 Å². The predicted molar refractivity (Wildman–Crippen MR) is 516 cm³/mol. The molecule has 584 valence electrons. The zero-order valence-electron chi connectivity index (χ0n) is 83.7. The molecule has 0 unspecified atom stereocenters. The normalized spacial score (nSPS) is 14.4. The van der Waals surface area contributed by atoms with Crippen molar-refractivity contribution >= 4 is 101 Å². The smallest absolute Gasteiger partial charge is 0.252 e. The van der Waals surface area contributed by atoms with E-state index in [2.05, 4.69) is 291 Å². The van der Waals surface area contributed by atoms with Gasteiger partial charge in [0.15, 0.2) is 0 Å². The largest absolute Gasteiger partial charge is 0.310 e. The van der Waals surface area contributed by atoms with Crippen LogP contribution in [-0.2, 0) is 21.7 Å². The number of aromatic nitrogens is 2. The van der Waals surface area contributed by atoms with Gasteiger partial charge >= 0.3 is 0 Å². The third-order valence-electron chi connectivity index (χ3n) is 24.6. The van der Waals surface area contributed by atoms with Gasteiger partial charge in [-0.3, -0.25) is 0 Å². The third kappa shape index (κ3) is 12.8. The molecule has 2 aliphatic heterocycles. The second-order valence-corrected chi connectivity index (χ2v) is 36.9. The second kappa shape index (κ2) is 28.5. The Balaban J connectivity index is 1.03. The van der Waals surface area contributed by atoms with Crippen LogP contribution < -0.4 is 26.2 Å². The van der Waals surface area contributed by atoms with Crippen molar-refractivity contribution in [3.63, 3.8) is 0 Å². The van der Waals surface area contributed by atoms with Crippen LogP contribution in [0.4, 0.5) is 34.1 Å². The van der Waals surface area contributed by atoms with E-state index in [4.69, 9.17) is 0 Å². The maximum Gasteiger partial charge on any atom is 0.252 e. The number of benzene rings is 16. The van der Waals surface area contributed by atoms with Crippen molar-refractivity contribution in [1.29, 1.82) is 0 Å². The number of nitrogens with zero attached hydrogens (tertiary/aromatic N) is 4. The molecule has 16 aromatic carbocycles. The van der Waals surface area contributed by atoms with Gasteiger partial charge in [0.05, 0.1) is 51.3 Å². The van der Waals surface area contributed by atoms with E-state index in [0.717, 1.165) is 145 Å². The fourth-order valence-corrected chi connectivity index (χ4v) is 18.6. The summed E-state index contributed by atoms with van der Waals surface area (Å²) < 4.78 is 133. The van der Waals surface area contributed by atoms with Gasteiger partial charge in [0.25, 0.3) is 6.71 Å². The SMILES string of the molecule is [2H]c1c([2H])c([2H])c2c(c1[2H])c1c([2H])c(C(C)(C)C)cc([2H])c1n2-c1ccc2c(c1)N(c1c(-c3ccccc3)cc(C(C)(C)C)cc1-c1ccccc1)c1cc(-c3c(C)cc(C)cc3C)cc3c1B2c1ccc(-n2c4c([2H])c([2H])c([2H])c([2H])c4c4c([2H])c(C(C)(C)C)c([2H])c([2H])c42)cc1N3c1c(-c2ccc(-c3ccccc3)cc2)cc(C(C)(C)C)cc1-c1ccc(-c2ccccc2)cc1. The molecule has 0 aliphatic carbocycles. The average molecular weight is 1560 g/mol. The van der Waals surface area contributed by atoms with Crippen LogP contribution in [0.15, 0.2) is 339 Å². The molecule has 0 N–H and O–H groups in total. The molecule has 4 nitrogen and oxygen atoms in total. The Kier molecular flexibility index (Phi) is 14.7. The zero-order chi connectivity index (χ0) is 93.9. The van der Waals surface area contributed by atoms with E-state index >= 15 is 0 Å². The van der Waals surface area contributed by atoms with Crippen molar-refractivity contribution in [3.05, 3.63) is 378 Å². The number of para-hydroxylation sites is 2. The highest BCUT2D eigenvalue weighted by Gasteiger charge is 2.47. The van der Waals surface area contributed by atoms with Crippen molar-refractivity contribution in [3.8, 4) is 89.3 Å². The summed E-state index contributed by atoms with van der Waals surface area (Å²) in [5, 5.41) is 0.565. The molecule has 0 fully saturated rings. The summed E-state index contributed by atoms with van der Waals surface area (Å²) in [6, 6.07) is 88.5. The van der Waals surface area contributed by atoms with E-state index in [0.29, 0.717) is 28.3 Å². The highest BCUT2D eigenvalue weighted by atomic mass is 15.2. The third-order valence-corrected chi connectivity index (χ3v) is 24.6. The molecule has 0 radical (unpaired) electrons. The van der Waals surface area contributed by atoms with Gasteiger partial charge in [-0.1, -0.05) is 331 Å². The maximum absolute atomic E-state index is 10.5. The highest BCUT2D eigenvalue weighted by Crippen LogP contribution is 2.57. The summed E-state index contributed by atoms with van der Waals surface area (Å²) in [5.41, 5.74) is 25.4. The van der Waals surface area contributed by atoms with Gasteiger partial charge in [0.2, 0.25) is 0 Å². The van der Waals surface area contributed by atoms with Gasteiger partial charge in [-0.25, -0.2) is 0 Å². The number of fused-ring (bicyclic) bond motifs is 10. The van der Waals surface area contributed by atoms with Crippen LogP contribution in [0.3, 0.4) is 0 Å². The van der Waals surface area contributed by atoms with E-state index < -0.39 is 52.5 Å². The molecular formula is C115H101BN4. The van der Waals surface area contributed by atoms with Crippen molar-refractivity contribution in [2.24, 2.45) is 0 Å². The number of anilines is 6. The molecule has 2 aliphatic rings. The topological polar surface area (TPSA) is 16.3 Å². The minimum atomic E-state index is -0.856. The Morgan fingerprint density at radius 3 is 1.02 bits per heavy atom. The van der Waals surface area contributed by atoms with Crippen molar-refractivity contribution in [2.45, 2.75) is 126 Å². The fraction of sp³-hybridized carbons (Fsp3) is 0.165. The number of hydrogen-bond donors (Lipinski definition) is 0. The molecule has 0 bridgehead atoms. The quantitative estimate of drug-likeness (QED) is 0.120. The lowest BCUT2D eigenvalue weighted by atomic mass is 9.33. The van der Waals surface area contributed by atoms with E-state index in [1.54, 1.807) is 15.2 Å². The molecule has 0 saturated carbocycles. The van der Waals surface area contributed by atoms with Gasteiger partial charge in [0.1, 0.15) is 0 Å². The lowest BCUT2D eigenvalue weighted by Gasteiger charge is -2.46. The Bertz CT molecular complexity index is 7770. The summed E-state index contributed by atoms with van der Waals surface area (Å²) in [6.07, 6.45) is 0. The summed E-state index contributed by atoms with van der Waals surface area (Å²) in [4.78, 5) is 4.89. The molecule has 0 saturated heterocycles. The Morgan fingerprint density at radius 1 is 0.275 bits per heavy atom. The van der Waals surface area contributed by atoms with Crippen LogP contribution >= 0.6 is 0 Å². The van der Waals surface area contributed by atoms with E-state index in [1.165, 1.54) is 0 Å². The number of aryl methyl sites for hydroxylation is 3. The Labute approximate surface area is 726 Å². The molecule has 5 heteroatoms. The van der Waals surface area contributed by atoms with E-state index in [1.807, 2.05) is 77.9 Å². The summed E-state index contributed by atoms with van der Waals surface area (Å²) >= 11 is 0. The van der Waals surface area contributed by atoms with E-state index in [-0.39, 0.29) is 104 Å². The lowest BCUT2D eigenvalue weighted by molar-refractivity contribution is 0.590. The van der Waals surface area contributed by atoms with E-state index in [9.17, 15) is 17.8 Å². The fourth-order valence-electron chi connectivity index (χ4n) is 18.6. The molecule has 0 amide bonds. The van der Waals surface area contributed by atoms with Crippen molar-refractivity contribution < 1.29 is 17.8 Å². The van der Waals surface area contributed by atoms with Crippen LogP contribution in [0.2, 0.25) is 0 Å². The monoisotopic (exact) mass is 1560 g/mol. The highest BCUT2D eigenvalue weighted by molar-refractivity contribution is 7.00. The molecule has 18 aromatic rings.